The quantitative estimate of drug-likeness (QED) is 0.475. The Balaban J connectivity index is 3.04. The Bertz CT molecular complexity index is 142. The van der Waals surface area contributed by atoms with E-state index in [1.165, 1.54) is 4.89 Å². The Morgan fingerprint density at radius 3 is 1.71 bits per heavy atom. The molecule has 0 aliphatic heterocycles. The van der Waals surface area contributed by atoms with Gasteiger partial charge in [0.15, 0.2) is 0 Å². The van der Waals surface area contributed by atoms with Crippen LogP contribution < -0.4 is 0 Å². The third-order valence-electron chi connectivity index (χ3n) is 0.540. The molecular formula is C4H2I2Se. The van der Waals surface area contributed by atoms with Crippen LogP contribution in [-0.2, 0) is 0 Å². The van der Waals surface area contributed by atoms with Crippen LogP contribution in [0.1, 0.15) is 0 Å². The van der Waals surface area contributed by atoms with Crippen LogP contribution in [0.2, 0.25) is 0 Å². The average Bonchev–Trinajstić information content (AvgIpc) is 1.87. The van der Waals surface area contributed by atoms with Gasteiger partial charge in [0.1, 0.15) is 0 Å². The third-order valence-corrected chi connectivity index (χ3v) is 4.94. The fourth-order valence-electron chi connectivity index (χ4n) is 0.292. The molecule has 0 nitrogen and oxygen atoms in total. The van der Waals surface area contributed by atoms with Crippen molar-refractivity contribution in [3.05, 3.63) is 17.0 Å². The van der Waals surface area contributed by atoms with Crippen LogP contribution in [0.15, 0.2) is 12.1 Å². The predicted octanol–water partition coefficient (Wildman–Crippen LogP) is 1.95. The minimum atomic E-state index is 0.682. The van der Waals surface area contributed by atoms with Crippen LogP contribution in [-0.4, -0.2) is 14.5 Å². The molecule has 1 heterocycles. The van der Waals surface area contributed by atoms with Crippen molar-refractivity contribution >= 4 is 59.7 Å². The van der Waals surface area contributed by atoms with Gasteiger partial charge in [0.2, 0.25) is 0 Å². The standard InChI is InChI=1S/C4H2I2Se/c5-3-1-2-4(6)7-3/h1-2H. The van der Waals surface area contributed by atoms with Crippen molar-refractivity contribution in [1.29, 1.82) is 0 Å². The Labute approximate surface area is 75.7 Å². The Morgan fingerprint density at radius 1 is 1.14 bits per heavy atom. The summed E-state index contributed by atoms with van der Waals surface area (Å²) in [6.07, 6.45) is 0. The van der Waals surface area contributed by atoms with Crippen molar-refractivity contribution in [2.24, 2.45) is 0 Å². The van der Waals surface area contributed by atoms with E-state index in [4.69, 9.17) is 0 Å². The van der Waals surface area contributed by atoms with Crippen LogP contribution in [0, 0.1) is 4.89 Å². The van der Waals surface area contributed by atoms with E-state index in [-0.39, 0.29) is 0 Å². The van der Waals surface area contributed by atoms with Crippen molar-refractivity contribution in [2.75, 3.05) is 0 Å². The van der Waals surface area contributed by atoms with Crippen molar-refractivity contribution in [3.8, 4) is 0 Å². The first kappa shape index (κ1) is 6.58. The molecule has 3 heteroatoms. The molecule has 0 N–H and O–H groups in total. The number of hydrogen-bond donors (Lipinski definition) is 0. The van der Waals surface area contributed by atoms with Gasteiger partial charge in [0.25, 0.3) is 0 Å². The van der Waals surface area contributed by atoms with Crippen LogP contribution in [0.25, 0.3) is 0 Å². The molecule has 0 amide bonds. The summed E-state index contributed by atoms with van der Waals surface area (Å²) >= 11 is 5.44. The summed E-state index contributed by atoms with van der Waals surface area (Å²) in [5.74, 6) is 0. The molecule has 0 bridgehead atoms. The molecular weight excluding hydrogens is 381 g/mol. The monoisotopic (exact) mass is 384 g/mol. The topological polar surface area (TPSA) is 0 Å². The van der Waals surface area contributed by atoms with E-state index >= 15 is 0 Å². The summed E-state index contributed by atoms with van der Waals surface area (Å²) in [5, 5.41) is 0. The Morgan fingerprint density at radius 2 is 1.57 bits per heavy atom. The molecule has 0 saturated heterocycles. The number of halogens is 2. The summed E-state index contributed by atoms with van der Waals surface area (Å²) in [5.41, 5.74) is 0. The first-order valence-corrected chi connectivity index (χ1v) is 5.57. The molecule has 0 radical (unpaired) electrons. The minimum absolute atomic E-state index is 0.682. The zero-order valence-electron chi connectivity index (χ0n) is 3.32. The molecule has 0 spiro atoms. The van der Waals surface area contributed by atoms with Crippen molar-refractivity contribution in [3.63, 3.8) is 0 Å². The molecule has 0 unspecified atom stereocenters. The molecule has 0 fully saturated rings. The number of hydrogen-bond acceptors (Lipinski definition) is 0. The van der Waals surface area contributed by atoms with E-state index < -0.39 is 0 Å². The van der Waals surface area contributed by atoms with Gasteiger partial charge in [-0.25, -0.2) is 0 Å². The SMILES string of the molecule is Ic1ccc(I)[se]1. The first-order chi connectivity index (χ1) is 3.29. The maximum atomic E-state index is 2.38. The van der Waals surface area contributed by atoms with Gasteiger partial charge in [-0.15, -0.1) is 0 Å². The van der Waals surface area contributed by atoms with Gasteiger partial charge in [-0.1, -0.05) is 0 Å². The fraction of sp³-hybridized carbons (Fsp3) is 0. The maximum absolute atomic E-state index is 2.38. The van der Waals surface area contributed by atoms with Gasteiger partial charge in [-0.3, -0.25) is 0 Å². The second-order valence-electron chi connectivity index (χ2n) is 1.04. The van der Waals surface area contributed by atoms with Crippen LogP contribution >= 0.6 is 45.2 Å². The summed E-state index contributed by atoms with van der Waals surface area (Å²) in [4.78, 5) is 0. The molecule has 1 aromatic heterocycles. The molecule has 0 aromatic carbocycles. The van der Waals surface area contributed by atoms with Crippen molar-refractivity contribution in [2.45, 2.75) is 0 Å². The van der Waals surface area contributed by atoms with Gasteiger partial charge in [-0.05, 0) is 0 Å². The zero-order valence-corrected chi connectivity index (χ0v) is 9.35. The van der Waals surface area contributed by atoms with Gasteiger partial charge in [0.05, 0.1) is 0 Å². The van der Waals surface area contributed by atoms with Crippen LogP contribution in [0.5, 0.6) is 0 Å². The summed E-state index contributed by atoms with van der Waals surface area (Å²) in [6, 6.07) is 4.37. The van der Waals surface area contributed by atoms with Crippen molar-refractivity contribution < 1.29 is 0 Å². The van der Waals surface area contributed by atoms with Gasteiger partial charge < -0.3 is 0 Å². The van der Waals surface area contributed by atoms with E-state index in [0.717, 1.165) is 0 Å². The van der Waals surface area contributed by atoms with Crippen molar-refractivity contribution in [1.82, 2.24) is 0 Å². The molecule has 1 rings (SSSR count). The molecule has 1 aromatic rings. The zero-order chi connectivity index (χ0) is 5.28. The summed E-state index contributed by atoms with van der Waals surface area (Å²) in [7, 11) is 0. The van der Waals surface area contributed by atoms with E-state index in [0.29, 0.717) is 14.5 Å². The molecule has 0 aliphatic carbocycles. The second-order valence-corrected chi connectivity index (χ2v) is 8.93. The Kier molecular flexibility index (Phi) is 2.67. The second kappa shape index (κ2) is 2.85. The average molecular weight is 383 g/mol. The molecule has 0 saturated carbocycles. The first-order valence-electron chi connectivity index (χ1n) is 1.70. The molecule has 0 atom stereocenters. The molecule has 0 aliphatic rings. The van der Waals surface area contributed by atoms with E-state index in [2.05, 4.69) is 57.3 Å². The summed E-state index contributed by atoms with van der Waals surface area (Å²) < 4.78 is 3.02. The Hall–Kier alpha value is 1.46. The number of rotatable bonds is 0. The third kappa shape index (κ3) is 2.03. The van der Waals surface area contributed by atoms with Crippen LogP contribution in [0.3, 0.4) is 0 Å². The van der Waals surface area contributed by atoms with E-state index in [1.807, 2.05) is 0 Å². The summed E-state index contributed by atoms with van der Waals surface area (Å²) in [6.45, 7) is 0. The predicted molar refractivity (Wildman–Crippen MR) is 48.8 cm³/mol. The molecule has 7 heavy (non-hydrogen) atoms. The molecule has 38 valence electrons. The van der Waals surface area contributed by atoms with E-state index in [9.17, 15) is 0 Å². The van der Waals surface area contributed by atoms with E-state index in [1.54, 1.807) is 0 Å². The van der Waals surface area contributed by atoms with Gasteiger partial charge in [0, 0.05) is 0 Å². The van der Waals surface area contributed by atoms with Gasteiger partial charge >= 0.3 is 76.7 Å². The van der Waals surface area contributed by atoms with Crippen LogP contribution in [0.4, 0.5) is 0 Å². The fourth-order valence-corrected chi connectivity index (χ4v) is 6.27. The van der Waals surface area contributed by atoms with Gasteiger partial charge in [-0.2, -0.15) is 0 Å². The normalized spacial score (nSPS) is 9.43.